The molecular weight excluding hydrogens is 140 g/mol. The Morgan fingerprint density at radius 1 is 1.64 bits per heavy atom. The van der Waals surface area contributed by atoms with Crippen LogP contribution in [0.5, 0.6) is 0 Å². The van der Waals surface area contributed by atoms with E-state index < -0.39 is 0 Å². The van der Waals surface area contributed by atoms with Gasteiger partial charge in [-0.3, -0.25) is 4.90 Å². The summed E-state index contributed by atoms with van der Waals surface area (Å²) in [5.74, 6) is 5.04. The van der Waals surface area contributed by atoms with E-state index in [1.165, 1.54) is 19.4 Å². The van der Waals surface area contributed by atoms with Crippen molar-refractivity contribution in [3.8, 4) is 0 Å². The highest BCUT2D eigenvalue weighted by Gasteiger charge is 2.25. The van der Waals surface area contributed by atoms with Crippen LogP contribution in [0.15, 0.2) is 0 Å². The highest BCUT2D eigenvalue weighted by molar-refractivity contribution is 4.80. The number of rotatable bonds is 3. The SMILES string of the molecule is CC(C)N1CCCC1CON. The predicted octanol–water partition coefficient (Wildman–Crippen LogP) is 0.750. The fourth-order valence-corrected chi connectivity index (χ4v) is 1.83. The number of hydrogen-bond acceptors (Lipinski definition) is 3. The van der Waals surface area contributed by atoms with Gasteiger partial charge >= 0.3 is 0 Å². The standard InChI is InChI=1S/C8H18N2O/c1-7(2)10-5-3-4-8(10)6-11-9/h7-8H,3-6,9H2,1-2H3. The second kappa shape index (κ2) is 4.04. The van der Waals surface area contributed by atoms with Crippen LogP contribution in [0.25, 0.3) is 0 Å². The van der Waals surface area contributed by atoms with Gasteiger partial charge in [0.05, 0.1) is 6.61 Å². The summed E-state index contributed by atoms with van der Waals surface area (Å²) in [5.41, 5.74) is 0. The molecule has 3 heteroatoms. The third kappa shape index (κ3) is 2.15. The summed E-state index contributed by atoms with van der Waals surface area (Å²) in [4.78, 5) is 7.12. The highest BCUT2D eigenvalue weighted by atomic mass is 16.6. The second-order valence-electron chi connectivity index (χ2n) is 3.46. The lowest BCUT2D eigenvalue weighted by Gasteiger charge is -2.27. The zero-order valence-corrected chi connectivity index (χ0v) is 7.42. The van der Waals surface area contributed by atoms with Crippen LogP contribution >= 0.6 is 0 Å². The Morgan fingerprint density at radius 2 is 2.36 bits per heavy atom. The molecule has 1 aliphatic heterocycles. The van der Waals surface area contributed by atoms with Crippen molar-refractivity contribution < 1.29 is 4.84 Å². The van der Waals surface area contributed by atoms with Gasteiger partial charge in [0.15, 0.2) is 0 Å². The van der Waals surface area contributed by atoms with Gasteiger partial charge in [0.25, 0.3) is 0 Å². The number of likely N-dealkylation sites (tertiary alicyclic amines) is 1. The maximum Gasteiger partial charge on any atom is 0.0834 e. The minimum Gasteiger partial charge on any atom is -0.303 e. The average molecular weight is 158 g/mol. The molecule has 0 aliphatic carbocycles. The average Bonchev–Trinajstić information content (AvgIpc) is 2.36. The molecule has 0 aromatic heterocycles. The van der Waals surface area contributed by atoms with Gasteiger partial charge in [0.1, 0.15) is 0 Å². The van der Waals surface area contributed by atoms with Crippen LogP contribution in [0, 0.1) is 0 Å². The normalized spacial score (nSPS) is 26.7. The molecular formula is C8H18N2O. The Bertz CT molecular complexity index is 117. The fraction of sp³-hybridized carbons (Fsp3) is 1.00. The van der Waals surface area contributed by atoms with Gasteiger partial charge in [-0.25, -0.2) is 5.90 Å². The Morgan fingerprint density at radius 3 is 2.91 bits per heavy atom. The van der Waals surface area contributed by atoms with Crippen molar-refractivity contribution in [3.63, 3.8) is 0 Å². The summed E-state index contributed by atoms with van der Waals surface area (Å²) in [6.45, 7) is 6.31. The van der Waals surface area contributed by atoms with E-state index >= 15 is 0 Å². The third-order valence-corrected chi connectivity index (χ3v) is 2.37. The monoisotopic (exact) mass is 158 g/mol. The zero-order chi connectivity index (χ0) is 8.27. The molecule has 1 aliphatic rings. The van der Waals surface area contributed by atoms with E-state index in [1.54, 1.807) is 0 Å². The zero-order valence-electron chi connectivity index (χ0n) is 7.42. The Labute approximate surface area is 68.5 Å². The number of nitrogens with zero attached hydrogens (tertiary/aromatic N) is 1. The molecule has 66 valence electrons. The summed E-state index contributed by atoms with van der Waals surface area (Å²) in [7, 11) is 0. The lowest BCUT2D eigenvalue weighted by Crippen LogP contribution is -2.38. The van der Waals surface area contributed by atoms with Crippen molar-refractivity contribution in [1.29, 1.82) is 0 Å². The molecule has 1 fully saturated rings. The van der Waals surface area contributed by atoms with Crippen LogP contribution in [0.2, 0.25) is 0 Å². The maximum absolute atomic E-state index is 5.04. The van der Waals surface area contributed by atoms with E-state index in [2.05, 4.69) is 23.6 Å². The largest absolute Gasteiger partial charge is 0.303 e. The van der Waals surface area contributed by atoms with E-state index in [0.717, 1.165) is 0 Å². The molecule has 11 heavy (non-hydrogen) atoms. The molecule has 0 aromatic carbocycles. The van der Waals surface area contributed by atoms with Crippen molar-refractivity contribution >= 4 is 0 Å². The van der Waals surface area contributed by atoms with Gasteiger partial charge in [0, 0.05) is 12.1 Å². The Hall–Kier alpha value is -0.120. The van der Waals surface area contributed by atoms with Gasteiger partial charge in [-0.05, 0) is 33.2 Å². The van der Waals surface area contributed by atoms with Crippen LogP contribution in [0.4, 0.5) is 0 Å². The summed E-state index contributed by atoms with van der Waals surface area (Å²) in [6, 6.07) is 1.18. The Balaban J connectivity index is 2.37. The van der Waals surface area contributed by atoms with Gasteiger partial charge < -0.3 is 4.84 Å². The molecule has 1 rings (SSSR count). The van der Waals surface area contributed by atoms with E-state index in [4.69, 9.17) is 5.90 Å². The first-order valence-electron chi connectivity index (χ1n) is 4.33. The molecule has 0 amide bonds. The van der Waals surface area contributed by atoms with Crippen molar-refractivity contribution in [2.24, 2.45) is 5.90 Å². The van der Waals surface area contributed by atoms with Crippen LogP contribution in [-0.4, -0.2) is 30.1 Å². The van der Waals surface area contributed by atoms with Crippen LogP contribution in [0.1, 0.15) is 26.7 Å². The molecule has 1 saturated heterocycles. The predicted molar refractivity (Wildman–Crippen MR) is 45.0 cm³/mol. The quantitative estimate of drug-likeness (QED) is 0.616. The van der Waals surface area contributed by atoms with Gasteiger partial charge in [-0.1, -0.05) is 0 Å². The molecule has 3 nitrogen and oxygen atoms in total. The van der Waals surface area contributed by atoms with Crippen molar-refractivity contribution in [3.05, 3.63) is 0 Å². The molecule has 0 radical (unpaired) electrons. The van der Waals surface area contributed by atoms with Crippen molar-refractivity contribution in [2.45, 2.75) is 38.8 Å². The molecule has 2 N–H and O–H groups in total. The van der Waals surface area contributed by atoms with Crippen LogP contribution < -0.4 is 5.90 Å². The first-order chi connectivity index (χ1) is 5.25. The lowest BCUT2D eigenvalue weighted by atomic mass is 10.2. The summed E-state index contributed by atoms with van der Waals surface area (Å²) < 4.78 is 0. The smallest absolute Gasteiger partial charge is 0.0834 e. The summed E-state index contributed by atoms with van der Waals surface area (Å²) >= 11 is 0. The van der Waals surface area contributed by atoms with E-state index in [0.29, 0.717) is 18.7 Å². The minimum absolute atomic E-state index is 0.556. The van der Waals surface area contributed by atoms with Crippen LogP contribution in [-0.2, 0) is 4.84 Å². The van der Waals surface area contributed by atoms with Gasteiger partial charge in [0.2, 0.25) is 0 Å². The molecule has 1 heterocycles. The number of hydrogen-bond donors (Lipinski definition) is 1. The highest BCUT2D eigenvalue weighted by Crippen LogP contribution is 2.19. The first-order valence-corrected chi connectivity index (χ1v) is 4.33. The lowest BCUT2D eigenvalue weighted by molar-refractivity contribution is 0.0661. The van der Waals surface area contributed by atoms with E-state index in [1.807, 2.05) is 0 Å². The second-order valence-corrected chi connectivity index (χ2v) is 3.46. The van der Waals surface area contributed by atoms with Crippen molar-refractivity contribution in [1.82, 2.24) is 4.90 Å². The number of nitrogens with two attached hydrogens (primary N) is 1. The molecule has 0 spiro atoms. The maximum atomic E-state index is 5.04. The van der Waals surface area contributed by atoms with E-state index in [-0.39, 0.29) is 0 Å². The topological polar surface area (TPSA) is 38.5 Å². The molecule has 1 atom stereocenters. The fourth-order valence-electron chi connectivity index (χ4n) is 1.83. The molecule has 1 unspecified atom stereocenters. The molecule has 0 bridgehead atoms. The van der Waals surface area contributed by atoms with E-state index in [9.17, 15) is 0 Å². The molecule has 0 saturated carbocycles. The summed E-state index contributed by atoms with van der Waals surface area (Å²) in [6.07, 6.45) is 2.52. The van der Waals surface area contributed by atoms with Crippen molar-refractivity contribution in [2.75, 3.05) is 13.2 Å². The Kier molecular flexibility index (Phi) is 3.30. The minimum atomic E-state index is 0.556. The van der Waals surface area contributed by atoms with Gasteiger partial charge in [-0.15, -0.1) is 0 Å². The van der Waals surface area contributed by atoms with Gasteiger partial charge in [-0.2, -0.15) is 0 Å². The van der Waals surface area contributed by atoms with Crippen LogP contribution in [0.3, 0.4) is 0 Å². The summed E-state index contributed by atoms with van der Waals surface area (Å²) in [5, 5.41) is 0. The molecule has 0 aromatic rings. The first kappa shape index (κ1) is 8.97. The third-order valence-electron chi connectivity index (χ3n) is 2.37.